The van der Waals surface area contributed by atoms with Crippen molar-refractivity contribution in [1.29, 1.82) is 5.41 Å². The minimum absolute atomic E-state index is 0.0244. The number of nitrogens with zero attached hydrogens (tertiary/aromatic N) is 2. The number of sulfonamides is 1. The van der Waals surface area contributed by atoms with Gasteiger partial charge in [-0.3, -0.25) is 19.8 Å². The number of hydrogen-bond acceptors (Lipinski definition) is 9. The standard InChI is InChI=1S/C25H30N6O7S/c1-16-3-9-20(10-4-16)39(36,37)29-21(25(35)38-17(2)32)13-28-22(33)14-31-12-11-30(15-23(31)34)19-7-5-18(6-8-19)24(26)27/h3-10,21,29H,11-15H2,1-2H3,(H3,26,27)(H,28,33)/t21-/m0/s1. The average molecular weight is 559 g/mol. The Kier molecular flexibility index (Phi) is 9.37. The Labute approximate surface area is 225 Å². The number of aryl methyl sites for hydroxylation is 1. The van der Waals surface area contributed by atoms with E-state index in [1.54, 1.807) is 43.3 Å². The van der Waals surface area contributed by atoms with Gasteiger partial charge in [0.05, 0.1) is 18.0 Å². The molecule has 0 bridgehead atoms. The van der Waals surface area contributed by atoms with E-state index in [1.165, 1.54) is 17.0 Å². The number of esters is 2. The van der Waals surface area contributed by atoms with Gasteiger partial charge >= 0.3 is 11.9 Å². The van der Waals surface area contributed by atoms with E-state index in [2.05, 4.69) is 14.8 Å². The molecule has 1 fully saturated rings. The van der Waals surface area contributed by atoms with Gasteiger partial charge < -0.3 is 25.6 Å². The van der Waals surface area contributed by atoms with Gasteiger partial charge in [0, 0.05) is 37.8 Å². The molecule has 39 heavy (non-hydrogen) atoms. The lowest BCUT2D eigenvalue weighted by Gasteiger charge is -2.35. The molecular weight excluding hydrogens is 528 g/mol. The maximum absolute atomic E-state index is 12.8. The van der Waals surface area contributed by atoms with Crippen LogP contribution in [-0.4, -0.2) is 81.7 Å². The van der Waals surface area contributed by atoms with Gasteiger partial charge in [0.15, 0.2) is 0 Å². The predicted octanol–water partition coefficient (Wildman–Crippen LogP) is -0.519. The van der Waals surface area contributed by atoms with Crippen LogP contribution in [-0.2, 0) is 33.9 Å². The van der Waals surface area contributed by atoms with Crippen LogP contribution in [0.4, 0.5) is 5.69 Å². The van der Waals surface area contributed by atoms with Crippen molar-refractivity contribution in [3.8, 4) is 0 Å². The van der Waals surface area contributed by atoms with Gasteiger partial charge in [-0.05, 0) is 43.3 Å². The number of nitrogen functional groups attached to an aromatic ring is 1. The van der Waals surface area contributed by atoms with Crippen molar-refractivity contribution in [2.75, 3.05) is 37.6 Å². The number of nitrogens with two attached hydrogens (primary N) is 1. The van der Waals surface area contributed by atoms with Crippen LogP contribution in [0.1, 0.15) is 18.1 Å². The van der Waals surface area contributed by atoms with E-state index in [4.69, 9.17) is 11.1 Å². The first-order valence-corrected chi connectivity index (χ1v) is 13.4. The van der Waals surface area contributed by atoms with Crippen molar-refractivity contribution in [2.24, 2.45) is 5.73 Å². The van der Waals surface area contributed by atoms with Gasteiger partial charge in [-0.25, -0.2) is 13.2 Å². The number of hydrogen-bond donors (Lipinski definition) is 4. The summed E-state index contributed by atoms with van der Waals surface area (Å²) in [6.45, 7) is 2.67. The number of amides is 2. The summed E-state index contributed by atoms with van der Waals surface area (Å²) in [5.41, 5.74) is 7.63. The van der Waals surface area contributed by atoms with Crippen LogP contribution in [0.5, 0.6) is 0 Å². The zero-order chi connectivity index (χ0) is 28.7. The van der Waals surface area contributed by atoms with Gasteiger partial charge in [-0.1, -0.05) is 17.7 Å². The lowest BCUT2D eigenvalue weighted by Crippen LogP contribution is -2.54. The molecule has 1 saturated heterocycles. The van der Waals surface area contributed by atoms with Gasteiger partial charge in [0.2, 0.25) is 21.8 Å². The van der Waals surface area contributed by atoms with Crippen molar-refractivity contribution >= 4 is 45.3 Å². The molecule has 14 heteroatoms. The lowest BCUT2D eigenvalue weighted by atomic mass is 10.1. The van der Waals surface area contributed by atoms with Crippen LogP contribution in [0.15, 0.2) is 53.4 Å². The molecule has 0 radical (unpaired) electrons. The number of benzene rings is 2. The minimum Gasteiger partial charge on any atom is -0.392 e. The minimum atomic E-state index is -4.18. The zero-order valence-corrected chi connectivity index (χ0v) is 22.3. The van der Waals surface area contributed by atoms with Crippen LogP contribution in [0.2, 0.25) is 0 Å². The molecule has 1 aliphatic heterocycles. The number of ether oxygens (including phenoxy) is 1. The summed E-state index contributed by atoms with van der Waals surface area (Å²) in [5.74, 6) is -3.12. The fraction of sp³-hybridized carbons (Fsp3) is 0.320. The van der Waals surface area contributed by atoms with Crippen molar-refractivity contribution in [2.45, 2.75) is 24.8 Å². The van der Waals surface area contributed by atoms with Gasteiger partial charge in [-0.15, -0.1) is 0 Å². The predicted molar refractivity (Wildman–Crippen MR) is 141 cm³/mol. The normalized spacial score (nSPS) is 14.5. The summed E-state index contributed by atoms with van der Waals surface area (Å²) in [5, 5.41) is 9.90. The molecule has 1 aliphatic rings. The Morgan fingerprint density at radius 3 is 2.28 bits per heavy atom. The summed E-state index contributed by atoms with van der Waals surface area (Å²) in [6.07, 6.45) is 0. The molecule has 1 atom stereocenters. The number of carbonyl (C=O) groups excluding carboxylic acids is 4. The highest BCUT2D eigenvalue weighted by Crippen LogP contribution is 2.18. The van der Waals surface area contributed by atoms with Crippen LogP contribution in [0, 0.1) is 12.3 Å². The molecule has 0 unspecified atom stereocenters. The maximum Gasteiger partial charge on any atom is 0.333 e. The summed E-state index contributed by atoms with van der Waals surface area (Å²) < 4.78 is 32.2. The highest BCUT2D eigenvalue weighted by molar-refractivity contribution is 7.89. The van der Waals surface area contributed by atoms with Crippen LogP contribution < -0.4 is 20.7 Å². The van der Waals surface area contributed by atoms with E-state index in [0.717, 1.165) is 18.2 Å². The highest BCUT2D eigenvalue weighted by Gasteiger charge is 2.30. The number of anilines is 1. The van der Waals surface area contributed by atoms with Crippen LogP contribution >= 0.6 is 0 Å². The molecular formula is C25H30N6O7S. The SMILES string of the molecule is CC(=O)OC(=O)[C@H](CNC(=O)CN1CCN(c2ccc(C(=N)N)cc2)CC1=O)NS(=O)(=O)c1ccc(C)cc1. The number of amidine groups is 1. The molecule has 5 N–H and O–H groups in total. The second-order valence-electron chi connectivity index (χ2n) is 8.90. The van der Waals surface area contributed by atoms with Crippen molar-refractivity contribution in [3.63, 3.8) is 0 Å². The van der Waals surface area contributed by atoms with E-state index in [1.807, 2.05) is 4.90 Å². The Morgan fingerprint density at radius 1 is 1.08 bits per heavy atom. The van der Waals surface area contributed by atoms with Crippen molar-refractivity contribution < 1.29 is 32.3 Å². The monoisotopic (exact) mass is 558 g/mol. The molecule has 1 heterocycles. The molecule has 2 aromatic carbocycles. The van der Waals surface area contributed by atoms with E-state index in [9.17, 15) is 27.6 Å². The fourth-order valence-corrected chi connectivity index (χ4v) is 4.94. The third-order valence-electron chi connectivity index (χ3n) is 5.86. The molecule has 208 valence electrons. The smallest absolute Gasteiger partial charge is 0.333 e. The molecule has 0 aromatic heterocycles. The lowest BCUT2D eigenvalue weighted by molar-refractivity contribution is -0.159. The first-order chi connectivity index (χ1) is 18.4. The molecule has 2 aromatic rings. The highest BCUT2D eigenvalue weighted by atomic mass is 32.2. The number of piperazine rings is 1. The first-order valence-electron chi connectivity index (χ1n) is 11.9. The Hall–Kier alpha value is -4.30. The topological polar surface area (TPSA) is 192 Å². The molecule has 0 spiro atoms. The Bertz CT molecular complexity index is 1360. The first kappa shape index (κ1) is 29.3. The van der Waals surface area contributed by atoms with Crippen molar-refractivity contribution in [3.05, 3.63) is 59.7 Å². The zero-order valence-electron chi connectivity index (χ0n) is 21.5. The number of nitrogens with one attached hydrogen (secondary N) is 3. The fourth-order valence-electron chi connectivity index (χ4n) is 3.75. The number of carbonyl (C=O) groups is 4. The van der Waals surface area contributed by atoms with Crippen LogP contribution in [0.3, 0.4) is 0 Å². The van der Waals surface area contributed by atoms with E-state index >= 15 is 0 Å². The van der Waals surface area contributed by atoms with E-state index in [0.29, 0.717) is 12.1 Å². The molecule has 3 rings (SSSR count). The third-order valence-corrected chi connectivity index (χ3v) is 7.35. The van der Waals surface area contributed by atoms with E-state index < -0.39 is 40.5 Å². The Morgan fingerprint density at radius 2 is 1.72 bits per heavy atom. The third kappa shape index (κ3) is 8.09. The molecule has 2 amide bonds. The van der Waals surface area contributed by atoms with Gasteiger partial charge in [0.25, 0.3) is 0 Å². The second-order valence-corrected chi connectivity index (χ2v) is 10.6. The largest absolute Gasteiger partial charge is 0.392 e. The maximum atomic E-state index is 12.8. The van der Waals surface area contributed by atoms with E-state index in [-0.39, 0.29) is 36.3 Å². The summed E-state index contributed by atoms with van der Waals surface area (Å²) in [7, 11) is -4.18. The summed E-state index contributed by atoms with van der Waals surface area (Å²) in [6, 6.07) is 11.2. The second kappa shape index (κ2) is 12.5. The quantitative estimate of drug-likeness (QED) is 0.129. The number of rotatable bonds is 10. The molecule has 13 nitrogen and oxygen atoms in total. The van der Waals surface area contributed by atoms with Crippen LogP contribution in [0.25, 0.3) is 0 Å². The average Bonchev–Trinajstić information content (AvgIpc) is 2.87. The van der Waals surface area contributed by atoms with Gasteiger partial charge in [-0.2, -0.15) is 4.72 Å². The Balaban J connectivity index is 1.59. The van der Waals surface area contributed by atoms with Crippen molar-refractivity contribution in [1.82, 2.24) is 14.9 Å². The van der Waals surface area contributed by atoms with Gasteiger partial charge in [0.1, 0.15) is 11.9 Å². The molecule has 0 aliphatic carbocycles. The summed E-state index contributed by atoms with van der Waals surface area (Å²) in [4.78, 5) is 52.0. The molecule has 0 saturated carbocycles. The summed E-state index contributed by atoms with van der Waals surface area (Å²) >= 11 is 0.